The number of ether oxygens (including phenoxy) is 1. The number of nitrogens with zero attached hydrogens (tertiary/aromatic N) is 1. The van der Waals surface area contributed by atoms with Crippen molar-refractivity contribution in [1.82, 2.24) is 10.3 Å². The number of carbonyl (C=O) groups is 1. The normalized spacial score (nSPS) is 10.6. The maximum absolute atomic E-state index is 12.1. The van der Waals surface area contributed by atoms with E-state index < -0.39 is 0 Å². The minimum atomic E-state index is -0.0805. The number of para-hydroxylation sites is 2. The zero-order valence-corrected chi connectivity index (χ0v) is 12.4. The molecule has 0 aliphatic heterocycles. The lowest BCUT2D eigenvalue weighted by molar-refractivity contribution is -0.669. The maximum Gasteiger partial charge on any atom is 0.251 e. The van der Waals surface area contributed by atoms with Gasteiger partial charge in [-0.3, -0.25) is 4.79 Å². The summed E-state index contributed by atoms with van der Waals surface area (Å²) in [4.78, 5) is 15.3. The first-order valence-electron chi connectivity index (χ1n) is 7.16. The molecule has 3 rings (SSSR count). The van der Waals surface area contributed by atoms with E-state index in [1.54, 1.807) is 31.4 Å². The third kappa shape index (κ3) is 2.93. The van der Waals surface area contributed by atoms with Crippen LogP contribution in [0.2, 0.25) is 0 Å². The Morgan fingerprint density at radius 1 is 1.18 bits per heavy atom. The van der Waals surface area contributed by atoms with Crippen LogP contribution in [0.5, 0.6) is 5.75 Å². The number of carbonyl (C=O) groups excluding carboxylic acids is 1. The van der Waals surface area contributed by atoms with E-state index in [1.165, 1.54) is 0 Å². The second-order valence-corrected chi connectivity index (χ2v) is 4.97. The number of benzene rings is 2. The molecule has 0 aliphatic carbocycles. The summed E-state index contributed by atoms with van der Waals surface area (Å²) in [6.45, 7) is 1.28. The van der Waals surface area contributed by atoms with Crippen molar-refractivity contribution in [2.75, 3.05) is 13.7 Å². The lowest BCUT2D eigenvalue weighted by atomic mass is 10.2. The Morgan fingerprint density at radius 3 is 2.73 bits per heavy atom. The van der Waals surface area contributed by atoms with Gasteiger partial charge in [0.2, 0.25) is 6.33 Å². The summed E-state index contributed by atoms with van der Waals surface area (Å²) in [5.41, 5.74) is 2.84. The molecular formula is C17H18N3O2+. The molecule has 22 heavy (non-hydrogen) atoms. The summed E-state index contributed by atoms with van der Waals surface area (Å²) in [5.74, 6) is 0.661. The first-order valence-corrected chi connectivity index (χ1v) is 7.16. The van der Waals surface area contributed by atoms with E-state index in [0.29, 0.717) is 18.7 Å². The molecule has 0 saturated heterocycles. The van der Waals surface area contributed by atoms with E-state index in [4.69, 9.17) is 4.74 Å². The van der Waals surface area contributed by atoms with Gasteiger partial charge in [-0.1, -0.05) is 12.1 Å². The monoisotopic (exact) mass is 296 g/mol. The van der Waals surface area contributed by atoms with Crippen molar-refractivity contribution in [2.45, 2.75) is 6.54 Å². The molecule has 2 aromatic carbocycles. The van der Waals surface area contributed by atoms with Crippen LogP contribution in [0.3, 0.4) is 0 Å². The molecule has 0 atom stereocenters. The van der Waals surface area contributed by atoms with Crippen LogP contribution in [0, 0.1) is 0 Å². The molecule has 5 nitrogen and oxygen atoms in total. The lowest BCUT2D eigenvalue weighted by Gasteiger charge is -2.05. The lowest BCUT2D eigenvalue weighted by Crippen LogP contribution is -2.39. The van der Waals surface area contributed by atoms with Crippen LogP contribution in [0.4, 0.5) is 0 Å². The van der Waals surface area contributed by atoms with Crippen molar-refractivity contribution < 1.29 is 14.1 Å². The Morgan fingerprint density at radius 2 is 1.95 bits per heavy atom. The van der Waals surface area contributed by atoms with E-state index in [0.717, 1.165) is 16.8 Å². The van der Waals surface area contributed by atoms with E-state index in [9.17, 15) is 4.79 Å². The van der Waals surface area contributed by atoms with Crippen LogP contribution in [0.15, 0.2) is 54.9 Å². The van der Waals surface area contributed by atoms with Gasteiger partial charge in [-0.05, 0) is 36.4 Å². The smallest absolute Gasteiger partial charge is 0.251 e. The largest absolute Gasteiger partial charge is 0.497 e. The average molecular weight is 296 g/mol. The van der Waals surface area contributed by atoms with Gasteiger partial charge in [-0.25, -0.2) is 9.55 Å². The minimum absolute atomic E-state index is 0.0805. The highest BCUT2D eigenvalue weighted by Gasteiger charge is 2.09. The Bertz CT molecular complexity index is 778. The quantitative estimate of drug-likeness (QED) is 0.706. The molecule has 0 aliphatic rings. The molecule has 0 radical (unpaired) electrons. The molecule has 1 heterocycles. The summed E-state index contributed by atoms with van der Waals surface area (Å²) in [7, 11) is 1.60. The zero-order valence-electron chi connectivity index (χ0n) is 12.4. The minimum Gasteiger partial charge on any atom is -0.497 e. The molecule has 0 fully saturated rings. The van der Waals surface area contributed by atoms with E-state index in [2.05, 4.69) is 20.9 Å². The van der Waals surface area contributed by atoms with Gasteiger partial charge in [0.1, 0.15) is 12.3 Å². The fourth-order valence-electron chi connectivity index (χ4n) is 2.38. The number of aromatic amines is 1. The second-order valence-electron chi connectivity index (χ2n) is 4.97. The summed E-state index contributed by atoms with van der Waals surface area (Å²) in [5, 5.41) is 2.92. The van der Waals surface area contributed by atoms with Gasteiger partial charge in [-0.15, -0.1) is 0 Å². The van der Waals surface area contributed by atoms with Crippen LogP contribution in [0.25, 0.3) is 11.0 Å². The maximum atomic E-state index is 12.1. The highest BCUT2D eigenvalue weighted by atomic mass is 16.5. The summed E-state index contributed by atoms with van der Waals surface area (Å²) < 4.78 is 7.17. The number of nitrogens with one attached hydrogen (secondary N) is 2. The molecule has 0 unspecified atom stereocenters. The van der Waals surface area contributed by atoms with Gasteiger partial charge in [0, 0.05) is 5.56 Å². The van der Waals surface area contributed by atoms with Gasteiger partial charge in [0.05, 0.1) is 13.7 Å². The Balaban J connectivity index is 1.59. The van der Waals surface area contributed by atoms with E-state index >= 15 is 0 Å². The number of aromatic nitrogens is 2. The number of imidazole rings is 1. The van der Waals surface area contributed by atoms with Gasteiger partial charge >= 0.3 is 0 Å². The number of rotatable bonds is 5. The fourth-order valence-corrected chi connectivity index (χ4v) is 2.38. The Kier molecular flexibility index (Phi) is 4.05. The SMILES string of the molecule is COc1ccc(C(=O)NCC[n+]2c[nH]c3ccccc32)cc1. The van der Waals surface area contributed by atoms with E-state index in [1.807, 2.05) is 24.5 Å². The van der Waals surface area contributed by atoms with Crippen LogP contribution in [-0.4, -0.2) is 24.5 Å². The van der Waals surface area contributed by atoms with E-state index in [-0.39, 0.29) is 5.91 Å². The fraction of sp³-hybridized carbons (Fsp3) is 0.176. The van der Waals surface area contributed by atoms with Crippen LogP contribution >= 0.6 is 0 Å². The Labute approximate surface area is 128 Å². The number of amides is 1. The number of methoxy groups -OCH3 is 1. The third-order valence-corrected chi connectivity index (χ3v) is 3.58. The predicted molar refractivity (Wildman–Crippen MR) is 83.8 cm³/mol. The zero-order chi connectivity index (χ0) is 15.4. The highest BCUT2D eigenvalue weighted by molar-refractivity contribution is 5.94. The summed E-state index contributed by atoms with van der Waals surface area (Å²) >= 11 is 0. The summed E-state index contributed by atoms with van der Waals surface area (Å²) in [6, 6.07) is 15.2. The van der Waals surface area contributed by atoms with Gasteiger partial charge in [0.15, 0.2) is 11.0 Å². The number of hydrogen-bond acceptors (Lipinski definition) is 2. The molecule has 5 heteroatoms. The predicted octanol–water partition coefficient (Wildman–Crippen LogP) is 1.89. The van der Waals surface area contributed by atoms with Gasteiger partial charge in [0.25, 0.3) is 5.91 Å². The molecule has 0 spiro atoms. The van der Waals surface area contributed by atoms with Crippen LogP contribution < -0.4 is 14.6 Å². The third-order valence-electron chi connectivity index (χ3n) is 3.58. The van der Waals surface area contributed by atoms with Crippen LogP contribution in [0.1, 0.15) is 10.4 Å². The number of H-pyrrole nitrogens is 1. The topological polar surface area (TPSA) is 58.0 Å². The van der Waals surface area contributed by atoms with Gasteiger partial charge < -0.3 is 10.1 Å². The average Bonchev–Trinajstić information content (AvgIpc) is 2.98. The molecule has 112 valence electrons. The Hall–Kier alpha value is -2.82. The number of hydrogen-bond donors (Lipinski definition) is 2. The van der Waals surface area contributed by atoms with Crippen molar-refractivity contribution >= 4 is 16.9 Å². The highest BCUT2D eigenvalue weighted by Crippen LogP contribution is 2.11. The van der Waals surface area contributed by atoms with Crippen molar-refractivity contribution in [3.8, 4) is 5.75 Å². The molecule has 2 N–H and O–H groups in total. The van der Waals surface area contributed by atoms with Crippen molar-refractivity contribution in [2.24, 2.45) is 0 Å². The standard InChI is InChI=1S/C17H17N3O2/c1-22-14-8-6-13(7-9-14)17(21)18-10-11-20-12-19-15-4-2-3-5-16(15)20/h2-9,12H,10-11H2,1H3,(H,18,21)/p+1. The molecule has 3 aromatic rings. The van der Waals surface area contributed by atoms with Crippen LogP contribution in [-0.2, 0) is 6.54 Å². The van der Waals surface area contributed by atoms with Gasteiger partial charge in [-0.2, -0.15) is 0 Å². The van der Waals surface area contributed by atoms with Crippen molar-refractivity contribution in [1.29, 1.82) is 0 Å². The first-order chi connectivity index (χ1) is 10.8. The molecule has 1 amide bonds. The molecule has 0 bridgehead atoms. The molecule has 1 aromatic heterocycles. The summed E-state index contributed by atoms with van der Waals surface area (Å²) in [6.07, 6.45) is 1.92. The van der Waals surface area contributed by atoms with Crippen molar-refractivity contribution in [3.05, 3.63) is 60.4 Å². The second kappa shape index (κ2) is 6.30. The molecule has 0 saturated carbocycles. The first kappa shape index (κ1) is 14.1. The van der Waals surface area contributed by atoms with Crippen molar-refractivity contribution in [3.63, 3.8) is 0 Å². The number of fused-ring (bicyclic) bond motifs is 1. The molecular weight excluding hydrogens is 278 g/mol.